The second kappa shape index (κ2) is 7.09. The quantitative estimate of drug-likeness (QED) is 0.838. The molecule has 0 spiro atoms. The fourth-order valence-electron chi connectivity index (χ4n) is 2.49. The van der Waals surface area contributed by atoms with Crippen molar-refractivity contribution in [1.82, 2.24) is 20.1 Å². The summed E-state index contributed by atoms with van der Waals surface area (Å²) in [6.07, 6.45) is 2.94. The van der Waals surface area contributed by atoms with Crippen molar-refractivity contribution < 1.29 is 9.84 Å². The Kier molecular flexibility index (Phi) is 4.92. The molecule has 0 saturated carbocycles. The molecule has 0 saturated heterocycles. The molecular weight excluding hydrogens is 304 g/mol. The topological polar surface area (TPSA) is 72.2 Å². The molecule has 0 aliphatic carbocycles. The zero-order valence-electron chi connectivity index (χ0n) is 12.2. The van der Waals surface area contributed by atoms with Gasteiger partial charge in [-0.25, -0.2) is 9.67 Å². The van der Waals surface area contributed by atoms with Crippen LogP contribution in [0.4, 0.5) is 0 Å². The van der Waals surface area contributed by atoms with Crippen LogP contribution in [0, 0.1) is 0 Å². The lowest BCUT2D eigenvalue weighted by Crippen LogP contribution is -2.42. The molecule has 2 unspecified atom stereocenters. The Hall–Kier alpha value is -1.63. The fourth-order valence-corrected chi connectivity index (χ4v) is 2.62. The first-order valence-electron chi connectivity index (χ1n) is 7.37. The molecule has 22 heavy (non-hydrogen) atoms. The van der Waals surface area contributed by atoms with Crippen LogP contribution in [0.15, 0.2) is 30.6 Å². The van der Waals surface area contributed by atoms with Gasteiger partial charge in [-0.15, -0.1) is 0 Å². The molecule has 2 aromatic rings. The number of benzene rings is 1. The summed E-state index contributed by atoms with van der Waals surface area (Å²) in [7, 11) is 0. The number of halogens is 1. The first kappa shape index (κ1) is 15.3. The van der Waals surface area contributed by atoms with E-state index in [9.17, 15) is 5.11 Å². The Morgan fingerprint density at radius 3 is 3.05 bits per heavy atom. The van der Waals surface area contributed by atoms with Gasteiger partial charge in [0.1, 0.15) is 30.6 Å². The van der Waals surface area contributed by atoms with Gasteiger partial charge in [0.2, 0.25) is 0 Å². The Morgan fingerprint density at radius 2 is 2.23 bits per heavy atom. The average molecular weight is 323 g/mol. The number of ether oxygens (including phenoxy) is 1. The standard InChI is InChI=1S/C15H19ClN4O2/c16-11-1-4-14(5-2-11)22-9-13(21)7-17-12-3-6-15-18-10-19-20(15)8-12/h1-2,4-5,10,12-13,17,21H,3,6-9H2. The van der Waals surface area contributed by atoms with Crippen LogP contribution in [-0.2, 0) is 13.0 Å². The van der Waals surface area contributed by atoms with E-state index in [2.05, 4.69) is 15.4 Å². The minimum absolute atomic E-state index is 0.246. The first-order valence-corrected chi connectivity index (χ1v) is 7.75. The van der Waals surface area contributed by atoms with Crippen molar-refractivity contribution in [3.05, 3.63) is 41.4 Å². The lowest BCUT2D eigenvalue weighted by atomic mass is 10.1. The van der Waals surface area contributed by atoms with Gasteiger partial charge in [0.15, 0.2) is 0 Å². The van der Waals surface area contributed by atoms with Gasteiger partial charge in [-0.05, 0) is 30.7 Å². The Balaban J connectivity index is 1.39. The maximum absolute atomic E-state index is 10.0. The van der Waals surface area contributed by atoms with E-state index in [1.807, 2.05) is 4.68 Å². The highest BCUT2D eigenvalue weighted by molar-refractivity contribution is 6.30. The lowest BCUT2D eigenvalue weighted by molar-refractivity contribution is 0.101. The minimum Gasteiger partial charge on any atom is -0.491 e. The predicted octanol–water partition coefficient (Wildman–Crippen LogP) is 1.28. The molecule has 0 fully saturated rings. The third-order valence-corrected chi connectivity index (χ3v) is 3.96. The van der Waals surface area contributed by atoms with Gasteiger partial charge in [-0.2, -0.15) is 5.10 Å². The molecule has 2 atom stereocenters. The van der Waals surface area contributed by atoms with E-state index in [0.29, 0.717) is 23.4 Å². The summed E-state index contributed by atoms with van der Waals surface area (Å²) in [5, 5.41) is 18.2. The van der Waals surface area contributed by atoms with Crippen molar-refractivity contribution in [2.24, 2.45) is 0 Å². The Morgan fingerprint density at radius 1 is 1.41 bits per heavy atom. The monoisotopic (exact) mass is 322 g/mol. The molecule has 1 aliphatic heterocycles. The van der Waals surface area contributed by atoms with Crippen LogP contribution in [0.3, 0.4) is 0 Å². The van der Waals surface area contributed by atoms with E-state index in [-0.39, 0.29) is 6.61 Å². The van der Waals surface area contributed by atoms with E-state index in [4.69, 9.17) is 16.3 Å². The molecule has 0 bridgehead atoms. The summed E-state index contributed by atoms with van der Waals surface area (Å²) >= 11 is 5.81. The van der Waals surface area contributed by atoms with Crippen molar-refractivity contribution in [3.8, 4) is 5.75 Å². The predicted molar refractivity (Wildman–Crippen MR) is 83.1 cm³/mol. The van der Waals surface area contributed by atoms with Crippen molar-refractivity contribution in [2.75, 3.05) is 13.2 Å². The van der Waals surface area contributed by atoms with Gasteiger partial charge in [-0.3, -0.25) is 0 Å². The lowest BCUT2D eigenvalue weighted by Gasteiger charge is -2.24. The molecule has 0 amide bonds. The van der Waals surface area contributed by atoms with E-state index >= 15 is 0 Å². The highest BCUT2D eigenvalue weighted by Crippen LogP contribution is 2.15. The van der Waals surface area contributed by atoms with Gasteiger partial charge >= 0.3 is 0 Å². The van der Waals surface area contributed by atoms with Crippen LogP contribution in [-0.4, -0.2) is 45.2 Å². The number of aryl methyl sites for hydroxylation is 1. The number of aliphatic hydroxyl groups excluding tert-OH is 1. The summed E-state index contributed by atoms with van der Waals surface area (Å²) in [6, 6.07) is 7.41. The van der Waals surface area contributed by atoms with Crippen molar-refractivity contribution in [1.29, 1.82) is 0 Å². The molecular formula is C15H19ClN4O2. The van der Waals surface area contributed by atoms with Crippen LogP contribution in [0.5, 0.6) is 5.75 Å². The third-order valence-electron chi connectivity index (χ3n) is 3.70. The molecule has 7 heteroatoms. The molecule has 6 nitrogen and oxygen atoms in total. The number of aliphatic hydroxyl groups is 1. The fraction of sp³-hybridized carbons (Fsp3) is 0.467. The number of hydrogen-bond donors (Lipinski definition) is 2. The Labute approximate surface area is 134 Å². The molecule has 118 valence electrons. The number of rotatable bonds is 6. The number of nitrogens with one attached hydrogen (secondary N) is 1. The summed E-state index contributed by atoms with van der Waals surface area (Å²) in [5.74, 6) is 1.73. The van der Waals surface area contributed by atoms with Gasteiger partial charge in [0.05, 0.1) is 6.54 Å². The van der Waals surface area contributed by atoms with Crippen LogP contribution in [0.1, 0.15) is 12.2 Å². The number of nitrogens with zero attached hydrogens (tertiary/aromatic N) is 3. The third kappa shape index (κ3) is 3.97. The van der Waals surface area contributed by atoms with Crippen LogP contribution < -0.4 is 10.1 Å². The second-order valence-electron chi connectivity index (χ2n) is 5.42. The number of fused-ring (bicyclic) bond motifs is 1. The summed E-state index contributed by atoms with van der Waals surface area (Å²) in [4.78, 5) is 4.20. The summed E-state index contributed by atoms with van der Waals surface area (Å²) in [5.41, 5.74) is 0. The van der Waals surface area contributed by atoms with Gasteiger partial charge in [0, 0.05) is 24.0 Å². The maximum Gasteiger partial charge on any atom is 0.138 e. The van der Waals surface area contributed by atoms with Crippen molar-refractivity contribution >= 4 is 11.6 Å². The smallest absolute Gasteiger partial charge is 0.138 e. The van der Waals surface area contributed by atoms with Crippen LogP contribution in [0.25, 0.3) is 0 Å². The van der Waals surface area contributed by atoms with E-state index in [0.717, 1.165) is 25.2 Å². The maximum atomic E-state index is 10.0. The second-order valence-corrected chi connectivity index (χ2v) is 5.86. The molecule has 1 aliphatic rings. The van der Waals surface area contributed by atoms with Crippen molar-refractivity contribution in [3.63, 3.8) is 0 Å². The SMILES string of the molecule is OC(CNC1CCc2ncnn2C1)COc1ccc(Cl)cc1. The van der Waals surface area contributed by atoms with E-state index in [1.54, 1.807) is 30.6 Å². The molecule has 2 heterocycles. The van der Waals surface area contributed by atoms with Gasteiger partial charge in [0.25, 0.3) is 0 Å². The van der Waals surface area contributed by atoms with Gasteiger partial charge in [-0.1, -0.05) is 11.6 Å². The Bertz CT molecular complexity index is 602. The number of aromatic nitrogens is 3. The number of hydrogen-bond acceptors (Lipinski definition) is 5. The normalized spacial score (nSPS) is 18.7. The molecule has 2 N–H and O–H groups in total. The average Bonchev–Trinajstić information content (AvgIpc) is 3.00. The molecule has 3 rings (SSSR count). The summed E-state index contributed by atoms with van der Waals surface area (Å²) in [6.45, 7) is 1.53. The highest BCUT2D eigenvalue weighted by atomic mass is 35.5. The van der Waals surface area contributed by atoms with Crippen molar-refractivity contribution in [2.45, 2.75) is 31.5 Å². The minimum atomic E-state index is -0.562. The molecule has 0 radical (unpaired) electrons. The van der Waals surface area contributed by atoms with Gasteiger partial charge < -0.3 is 15.2 Å². The zero-order chi connectivity index (χ0) is 15.4. The largest absolute Gasteiger partial charge is 0.491 e. The highest BCUT2D eigenvalue weighted by Gasteiger charge is 2.20. The first-order chi connectivity index (χ1) is 10.7. The molecule has 1 aromatic carbocycles. The van der Waals surface area contributed by atoms with E-state index < -0.39 is 6.10 Å². The van der Waals surface area contributed by atoms with Crippen LogP contribution in [0.2, 0.25) is 5.02 Å². The summed E-state index contributed by atoms with van der Waals surface area (Å²) < 4.78 is 7.44. The molecule has 1 aromatic heterocycles. The zero-order valence-corrected chi connectivity index (χ0v) is 12.9. The van der Waals surface area contributed by atoms with E-state index in [1.165, 1.54) is 0 Å². The van der Waals surface area contributed by atoms with Crippen LogP contribution >= 0.6 is 11.6 Å².